The van der Waals surface area contributed by atoms with Gasteiger partial charge in [0.15, 0.2) is 0 Å². The maximum Gasteiger partial charge on any atom is 0.231 e. The molecule has 1 aromatic heterocycles. The van der Waals surface area contributed by atoms with Gasteiger partial charge in [0.2, 0.25) is 11.6 Å². The van der Waals surface area contributed by atoms with E-state index in [2.05, 4.69) is 10.3 Å². The molecule has 0 saturated carbocycles. The van der Waals surface area contributed by atoms with Crippen molar-refractivity contribution in [3.8, 4) is 0 Å². The highest BCUT2D eigenvalue weighted by Crippen LogP contribution is 2.33. The van der Waals surface area contributed by atoms with Crippen LogP contribution in [0.1, 0.15) is 21.8 Å². The molecule has 0 bridgehead atoms. The van der Waals surface area contributed by atoms with E-state index in [-0.39, 0.29) is 0 Å². The summed E-state index contributed by atoms with van der Waals surface area (Å²) in [5, 5.41) is 4.39. The van der Waals surface area contributed by atoms with Crippen LogP contribution in [0.5, 0.6) is 0 Å². The topological polar surface area (TPSA) is 62.0 Å². The molecule has 2 aromatic carbocycles. The van der Waals surface area contributed by atoms with Gasteiger partial charge in [-0.3, -0.25) is 9.59 Å². The molecular formula is C18H13ClN2O2. The Hall–Kier alpha value is -2.59. The van der Waals surface area contributed by atoms with Crippen LogP contribution < -0.4 is 5.32 Å². The van der Waals surface area contributed by atoms with Crippen LogP contribution in [0.2, 0.25) is 5.02 Å². The molecule has 1 aliphatic heterocycles. The predicted molar refractivity (Wildman–Crippen MR) is 90.3 cm³/mol. The molecule has 114 valence electrons. The number of carbonyl (C=O) groups is 2. The fourth-order valence-corrected chi connectivity index (χ4v) is 3.26. The molecule has 23 heavy (non-hydrogen) atoms. The molecule has 0 spiro atoms. The molecule has 1 unspecified atom stereocenters. The summed E-state index contributed by atoms with van der Waals surface area (Å²) in [6.07, 6.45) is 1.58. The highest BCUT2D eigenvalue weighted by molar-refractivity contribution is 6.47. The van der Waals surface area contributed by atoms with Crippen LogP contribution in [0.3, 0.4) is 0 Å². The monoisotopic (exact) mass is 324 g/mol. The van der Waals surface area contributed by atoms with Gasteiger partial charge in [0.25, 0.3) is 0 Å². The molecule has 1 atom stereocenters. The number of ketones is 2. The SMILES string of the molecule is O=C(C(=O)C1CNc2ccccc21)c1c[nH]c2ccc(Cl)cc12. The fraction of sp³-hybridized carbons (Fsp3) is 0.111. The Morgan fingerprint density at radius 3 is 2.83 bits per heavy atom. The third-order valence-corrected chi connectivity index (χ3v) is 4.50. The minimum absolute atomic E-state index is 0.372. The van der Waals surface area contributed by atoms with Crippen LogP contribution >= 0.6 is 11.6 Å². The predicted octanol–water partition coefficient (Wildman–Crippen LogP) is 3.78. The minimum atomic E-state index is -0.484. The first kappa shape index (κ1) is 14.0. The number of para-hydroxylation sites is 1. The summed E-state index contributed by atoms with van der Waals surface area (Å²) >= 11 is 6.01. The Kier molecular flexibility index (Phi) is 3.20. The molecule has 4 nitrogen and oxygen atoms in total. The summed E-state index contributed by atoms with van der Waals surface area (Å²) < 4.78 is 0. The number of aromatic nitrogens is 1. The van der Waals surface area contributed by atoms with Crippen molar-refractivity contribution >= 4 is 39.8 Å². The van der Waals surface area contributed by atoms with Crippen molar-refractivity contribution < 1.29 is 9.59 Å². The average molecular weight is 325 g/mol. The van der Waals surface area contributed by atoms with Crippen molar-refractivity contribution in [1.29, 1.82) is 0 Å². The second-order valence-electron chi connectivity index (χ2n) is 5.61. The number of aromatic amines is 1. The number of rotatable bonds is 3. The third-order valence-electron chi connectivity index (χ3n) is 4.26. The highest BCUT2D eigenvalue weighted by atomic mass is 35.5. The first-order valence-corrected chi connectivity index (χ1v) is 7.71. The smallest absolute Gasteiger partial charge is 0.231 e. The molecule has 0 fully saturated rings. The second kappa shape index (κ2) is 5.25. The first-order valence-electron chi connectivity index (χ1n) is 7.33. The minimum Gasteiger partial charge on any atom is -0.384 e. The summed E-state index contributed by atoms with van der Waals surface area (Å²) in [5.74, 6) is -1.33. The van der Waals surface area contributed by atoms with Crippen LogP contribution in [0, 0.1) is 0 Å². The molecule has 1 aliphatic rings. The van der Waals surface area contributed by atoms with Gasteiger partial charge in [-0.1, -0.05) is 29.8 Å². The summed E-state index contributed by atoms with van der Waals surface area (Å²) in [6.45, 7) is 0.451. The Bertz CT molecular complexity index is 945. The van der Waals surface area contributed by atoms with Gasteiger partial charge in [-0.25, -0.2) is 0 Å². The fourth-order valence-electron chi connectivity index (χ4n) is 3.09. The molecule has 0 aliphatic carbocycles. The lowest BCUT2D eigenvalue weighted by Crippen LogP contribution is -2.23. The lowest BCUT2D eigenvalue weighted by Gasteiger charge is -2.07. The Morgan fingerprint density at radius 2 is 1.96 bits per heavy atom. The maximum absolute atomic E-state index is 12.7. The molecule has 2 N–H and O–H groups in total. The maximum atomic E-state index is 12.7. The summed E-state index contributed by atoms with van der Waals surface area (Å²) in [7, 11) is 0. The van der Waals surface area contributed by atoms with Crippen molar-refractivity contribution in [2.75, 3.05) is 11.9 Å². The molecule has 2 heterocycles. The van der Waals surface area contributed by atoms with E-state index in [0.29, 0.717) is 22.5 Å². The van der Waals surface area contributed by atoms with Crippen LogP contribution in [0.25, 0.3) is 10.9 Å². The van der Waals surface area contributed by atoms with Crippen LogP contribution in [0.15, 0.2) is 48.7 Å². The number of halogens is 1. The van der Waals surface area contributed by atoms with Crippen molar-refractivity contribution in [3.05, 3.63) is 64.8 Å². The third kappa shape index (κ3) is 2.23. The van der Waals surface area contributed by atoms with Crippen molar-refractivity contribution in [3.63, 3.8) is 0 Å². The lowest BCUT2D eigenvalue weighted by molar-refractivity contribution is -0.116. The van der Waals surface area contributed by atoms with Gasteiger partial charge in [-0.05, 0) is 29.8 Å². The highest BCUT2D eigenvalue weighted by Gasteiger charge is 2.33. The summed E-state index contributed by atoms with van der Waals surface area (Å²) in [5.41, 5.74) is 2.96. The molecule has 3 aromatic rings. The average Bonchev–Trinajstić information content (AvgIpc) is 3.17. The van der Waals surface area contributed by atoms with E-state index in [4.69, 9.17) is 11.6 Å². The largest absolute Gasteiger partial charge is 0.384 e. The van der Waals surface area contributed by atoms with Gasteiger partial charge in [-0.15, -0.1) is 0 Å². The van der Waals surface area contributed by atoms with E-state index in [9.17, 15) is 9.59 Å². The number of carbonyl (C=O) groups excluding carboxylic acids is 2. The quantitative estimate of drug-likeness (QED) is 0.569. The van der Waals surface area contributed by atoms with Crippen molar-refractivity contribution in [1.82, 2.24) is 4.98 Å². The van der Waals surface area contributed by atoms with Gasteiger partial charge < -0.3 is 10.3 Å². The zero-order valence-corrected chi connectivity index (χ0v) is 12.9. The number of benzene rings is 2. The van der Waals surface area contributed by atoms with Crippen molar-refractivity contribution in [2.45, 2.75) is 5.92 Å². The van der Waals surface area contributed by atoms with Gasteiger partial charge in [0.1, 0.15) is 0 Å². The molecule has 0 amide bonds. The van der Waals surface area contributed by atoms with E-state index >= 15 is 0 Å². The normalized spacial score (nSPS) is 16.1. The number of hydrogen-bond acceptors (Lipinski definition) is 3. The van der Waals surface area contributed by atoms with E-state index in [1.165, 1.54) is 0 Å². The van der Waals surface area contributed by atoms with Crippen molar-refractivity contribution in [2.24, 2.45) is 0 Å². The number of fused-ring (bicyclic) bond motifs is 2. The van der Waals surface area contributed by atoms with E-state index in [1.54, 1.807) is 24.4 Å². The van der Waals surface area contributed by atoms with Gasteiger partial charge >= 0.3 is 0 Å². The second-order valence-corrected chi connectivity index (χ2v) is 6.04. The summed E-state index contributed by atoms with van der Waals surface area (Å²) in [6, 6.07) is 12.8. The van der Waals surface area contributed by atoms with Gasteiger partial charge in [0, 0.05) is 34.4 Å². The zero-order chi connectivity index (χ0) is 16.0. The number of H-pyrrole nitrogens is 1. The number of Topliss-reactive ketones (excluding diaryl/α,β-unsaturated/α-hetero) is 2. The van der Waals surface area contributed by atoms with E-state index in [0.717, 1.165) is 16.8 Å². The summed E-state index contributed by atoms with van der Waals surface area (Å²) in [4.78, 5) is 28.4. The van der Waals surface area contributed by atoms with Crippen LogP contribution in [-0.4, -0.2) is 23.1 Å². The van der Waals surface area contributed by atoms with Gasteiger partial charge in [-0.2, -0.15) is 0 Å². The molecular weight excluding hydrogens is 312 g/mol. The first-order chi connectivity index (χ1) is 11.1. The van der Waals surface area contributed by atoms with E-state index < -0.39 is 17.5 Å². The molecule has 0 saturated heterocycles. The molecule has 5 heteroatoms. The number of hydrogen-bond donors (Lipinski definition) is 2. The Morgan fingerprint density at radius 1 is 1.13 bits per heavy atom. The molecule has 0 radical (unpaired) electrons. The lowest BCUT2D eigenvalue weighted by atomic mass is 9.92. The standard InChI is InChI=1S/C18H13ClN2O2/c19-10-5-6-16-12(7-10)14(9-21-16)18(23)17(22)13-8-20-15-4-2-1-3-11(13)15/h1-7,9,13,20-21H,8H2. The van der Waals surface area contributed by atoms with Gasteiger partial charge in [0.05, 0.1) is 11.5 Å². The Labute approximate surface area is 137 Å². The number of anilines is 1. The zero-order valence-electron chi connectivity index (χ0n) is 12.1. The molecule has 4 rings (SSSR count). The Balaban J connectivity index is 1.72. The van der Waals surface area contributed by atoms with E-state index in [1.807, 2.05) is 24.3 Å². The van der Waals surface area contributed by atoms with Crippen LogP contribution in [-0.2, 0) is 4.79 Å². The van der Waals surface area contributed by atoms with Crippen LogP contribution in [0.4, 0.5) is 5.69 Å². The number of nitrogens with one attached hydrogen (secondary N) is 2.